The Kier molecular flexibility index (Phi) is 3.41. The van der Waals surface area contributed by atoms with Crippen molar-refractivity contribution in [1.82, 2.24) is 15.5 Å². The van der Waals surface area contributed by atoms with Gasteiger partial charge in [-0.05, 0) is 26.7 Å². The van der Waals surface area contributed by atoms with E-state index in [0.717, 1.165) is 19.3 Å². The lowest BCUT2D eigenvalue weighted by Crippen LogP contribution is -2.46. The van der Waals surface area contributed by atoms with E-state index in [1.54, 1.807) is 0 Å². The van der Waals surface area contributed by atoms with Gasteiger partial charge in [0, 0.05) is 11.3 Å². The van der Waals surface area contributed by atoms with Crippen LogP contribution in [0.25, 0.3) is 0 Å². The van der Waals surface area contributed by atoms with Crippen LogP contribution in [0.15, 0.2) is 4.52 Å². The van der Waals surface area contributed by atoms with E-state index < -0.39 is 5.54 Å². The number of hydrogen-bond acceptors (Lipinski definition) is 4. The minimum atomic E-state index is -0.598. The Hall–Kier alpha value is -1.39. The molecule has 106 valence electrons. The molecule has 1 N–H and O–H groups in total. The lowest BCUT2D eigenvalue weighted by atomic mass is 9.84. The quantitative estimate of drug-likeness (QED) is 0.911. The second-order valence-electron chi connectivity index (χ2n) is 6.92. The average molecular weight is 265 g/mol. The minimum absolute atomic E-state index is 0.0957. The summed E-state index contributed by atoms with van der Waals surface area (Å²) < 4.78 is 5.29. The fourth-order valence-corrected chi connectivity index (χ4v) is 1.92. The van der Waals surface area contributed by atoms with Crippen LogP contribution in [0.5, 0.6) is 0 Å². The first kappa shape index (κ1) is 14.0. The van der Waals surface area contributed by atoms with Crippen molar-refractivity contribution in [3.05, 3.63) is 11.7 Å². The lowest BCUT2D eigenvalue weighted by Gasteiger charge is -2.29. The minimum Gasteiger partial charge on any atom is -0.344 e. The van der Waals surface area contributed by atoms with Crippen molar-refractivity contribution in [3.63, 3.8) is 0 Å². The molecule has 0 spiro atoms. The Labute approximate surface area is 114 Å². The van der Waals surface area contributed by atoms with E-state index in [1.165, 1.54) is 0 Å². The summed E-state index contributed by atoms with van der Waals surface area (Å²) in [5, 5.41) is 7.03. The molecule has 5 nitrogen and oxygen atoms in total. The van der Waals surface area contributed by atoms with Gasteiger partial charge < -0.3 is 9.84 Å². The van der Waals surface area contributed by atoms with Crippen molar-refractivity contribution in [2.45, 2.75) is 64.8 Å². The molecule has 0 saturated heterocycles. The first-order valence-electron chi connectivity index (χ1n) is 6.87. The summed E-state index contributed by atoms with van der Waals surface area (Å²) in [6, 6.07) is 0. The highest BCUT2D eigenvalue weighted by molar-refractivity contribution is 5.80. The van der Waals surface area contributed by atoms with Crippen molar-refractivity contribution in [3.8, 4) is 0 Å². The van der Waals surface area contributed by atoms with Crippen LogP contribution in [0.2, 0.25) is 0 Å². The van der Waals surface area contributed by atoms with Crippen LogP contribution >= 0.6 is 0 Å². The topological polar surface area (TPSA) is 68.0 Å². The van der Waals surface area contributed by atoms with E-state index in [2.05, 4.69) is 15.5 Å². The molecule has 0 aliphatic heterocycles. The third-order valence-corrected chi connectivity index (χ3v) is 3.54. The number of carbonyl (C=O) groups excluding carboxylic acids is 1. The van der Waals surface area contributed by atoms with Gasteiger partial charge in [0.1, 0.15) is 0 Å². The van der Waals surface area contributed by atoms with Gasteiger partial charge in [-0.3, -0.25) is 4.79 Å². The summed E-state index contributed by atoms with van der Waals surface area (Å²) >= 11 is 0. The fourth-order valence-electron chi connectivity index (χ4n) is 1.92. The van der Waals surface area contributed by atoms with Gasteiger partial charge >= 0.3 is 0 Å². The van der Waals surface area contributed by atoms with Crippen LogP contribution < -0.4 is 5.32 Å². The molecule has 1 amide bonds. The average Bonchev–Trinajstić information content (AvgIpc) is 2.60. The number of rotatable bonds is 3. The Morgan fingerprint density at radius 3 is 2.32 bits per heavy atom. The van der Waals surface area contributed by atoms with E-state index in [-0.39, 0.29) is 17.2 Å². The highest BCUT2D eigenvalue weighted by Gasteiger charge is 2.34. The lowest BCUT2D eigenvalue weighted by molar-refractivity contribution is -0.129. The molecule has 0 atom stereocenters. The zero-order chi connectivity index (χ0) is 14.3. The number of hydrogen-bond donors (Lipinski definition) is 1. The summed E-state index contributed by atoms with van der Waals surface area (Å²) in [5.41, 5.74) is -0.779. The molecule has 1 aromatic rings. The standard InChI is InChI=1S/C14H23N3O2/c1-13(2,3)12-15-11(17-19-12)14(4,5)16-10(18)9-7-6-8-9/h9H,6-8H2,1-5H3,(H,16,18). The van der Waals surface area contributed by atoms with Gasteiger partial charge in [-0.1, -0.05) is 32.3 Å². The maximum Gasteiger partial charge on any atom is 0.232 e. The zero-order valence-corrected chi connectivity index (χ0v) is 12.4. The third-order valence-electron chi connectivity index (χ3n) is 3.54. The summed E-state index contributed by atoms with van der Waals surface area (Å²) in [7, 11) is 0. The van der Waals surface area contributed by atoms with Crippen LogP contribution in [-0.4, -0.2) is 16.0 Å². The molecule has 1 aliphatic carbocycles. The smallest absolute Gasteiger partial charge is 0.232 e. The van der Waals surface area contributed by atoms with Crippen LogP contribution in [0.4, 0.5) is 0 Å². The molecule has 1 heterocycles. The van der Waals surface area contributed by atoms with E-state index in [1.807, 2.05) is 34.6 Å². The number of aromatic nitrogens is 2. The van der Waals surface area contributed by atoms with Crippen molar-refractivity contribution in [2.24, 2.45) is 5.92 Å². The molecule has 1 aliphatic rings. The summed E-state index contributed by atoms with van der Waals surface area (Å²) in [6.45, 7) is 9.86. The number of amides is 1. The highest BCUT2D eigenvalue weighted by Crippen LogP contribution is 2.29. The molecular formula is C14H23N3O2. The molecule has 1 aromatic heterocycles. The normalized spacial score (nSPS) is 17.1. The van der Waals surface area contributed by atoms with Gasteiger partial charge in [-0.15, -0.1) is 0 Å². The van der Waals surface area contributed by atoms with Gasteiger partial charge in [0.25, 0.3) is 0 Å². The second-order valence-corrected chi connectivity index (χ2v) is 6.92. The molecule has 0 bridgehead atoms. The van der Waals surface area contributed by atoms with Gasteiger partial charge in [0.15, 0.2) is 5.82 Å². The van der Waals surface area contributed by atoms with E-state index >= 15 is 0 Å². The first-order chi connectivity index (χ1) is 8.70. The predicted octanol–water partition coefficient (Wildman–Crippen LogP) is 2.52. The SMILES string of the molecule is CC(C)(C)c1nc(C(C)(C)NC(=O)C2CCC2)no1. The first-order valence-corrected chi connectivity index (χ1v) is 6.87. The monoisotopic (exact) mass is 265 g/mol. The highest BCUT2D eigenvalue weighted by atomic mass is 16.5. The van der Waals surface area contributed by atoms with Crippen molar-refractivity contribution < 1.29 is 9.32 Å². The maximum absolute atomic E-state index is 12.0. The van der Waals surface area contributed by atoms with E-state index in [9.17, 15) is 4.79 Å². The molecule has 5 heteroatoms. The van der Waals surface area contributed by atoms with Crippen molar-refractivity contribution >= 4 is 5.91 Å². The Morgan fingerprint density at radius 1 is 1.26 bits per heavy atom. The van der Waals surface area contributed by atoms with Crippen molar-refractivity contribution in [1.29, 1.82) is 0 Å². The Balaban J connectivity index is 2.10. The van der Waals surface area contributed by atoms with Crippen molar-refractivity contribution in [2.75, 3.05) is 0 Å². The van der Waals surface area contributed by atoms with Gasteiger partial charge in [-0.2, -0.15) is 4.98 Å². The van der Waals surface area contributed by atoms with Crippen LogP contribution in [0, 0.1) is 5.92 Å². The molecule has 2 rings (SSSR count). The van der Waals surface area contributed by atoms with Crippen LogP contribution in [-0.2, 0) is 15.7 Å². The summed E-state index contributed by atoms with van der Waals surface area (Å²) in [6.07, 6.45) is 3.12. The zero-order valence-electron chi connectivity index (χ0n) is 12.4. The predicted molar refractivity (Wildman–Crippen MR) is 71.5 cm³/mol. The van der Waals surface area contributed by atoms with E-state index in [0.29, 0.717) is 11.7 Å². The molecule has 1 fully saturated rings. The molecule has 19 heavy (non-hydrogen) atoms. The fraction of sp³-hybridized carbons (Fsp3) is 0.786. The van der Waals surface area contributed by atoms with Gasteiger partial charge in [0.2, 0.25) is 11.8 Å². The van der Waals surface area contributed by atoms with Gasteiger partial charge in [0.05, 0.1) is 5.54 Å². The maximum atomic E-state index is 12.0. The van der Waals surface area contributed by atoms with Gasteiger partial charge in [-0.25, -0.2) is 0 Å². The number of nitrogens with zero attached hydrogens (tertiary/aromatic N) is 2. The van der Waals surface area contributed by atoms with Crippen LogP contribution in [0.1, 0.15) is 65.6 Å². The largest absolute Gasteiger partial charge is 0.344 e. The van der Waals surface area contributed by atoms with E-state index in [4.69, 9.17) is 4.52 Å². The molecule has 0 aromatic carbocycles. The number of carbonyl (C=O) groups is 1. The molecular weight excluding hydrogens is 242 g/mol. The Bertz CT molecular complexity index is 467. The number of nitrogens with one attached hydrogen (secondary N) is 1. The third kappa shape index (κ3) is 2.96. The summed E-state index contributed by atoms with van der Waals surface area (Å²) in [5.74, 6) is 1.38. The molecule has 1 saturated carbocycles. The summed E-state index contributed by atoms with van der Waals surface area (Å²) in [4.78, 5) is 16.4. The molecule has 0 radical (unpaired) electrons. The Morgan fingerprint density at radius 2 is 1.89 bits per heavy atom. The van der Waals surface area contributed by atoms with Crippen LogP contribution in [0.3, 0.4) is 0 Å². The second kappa shape index (κ2) is 4.62. The molecule has 0 unspecified atom stereocenters.